The standard InChI is InChI=1S/C21H25NO5S/c1-3-5-8-11-22-15-10-7-6-9-14(15)18-16(20(22)23)17(19(28-18)21(24)25)27-13-12-26-4-2/h6-7,9-10H,3-5,8,11-13H2,1-2H3,(H,24,25). The summed E-state index contributed by atoms with van der Waals surface area (Å²) < 4.78 is 13.5. The third kappa shape index (κ3) is 3.91. The average Bonchev–Trinajstić information content (AvgIpc) is 3.08. The van der Waals surface area contributed by atoms with Crippen molar-refractivity contribution in [2.24, 2.45) is 0 Å². The number of carbonyl (C=O) groups is 1. The molecule has 7 heteroatoms. The predicted octanol–water partition coefficient (Wildman–Crippen LogP) is 4.52. The smallest absolute Gasteiger partial charge is 0.349 e. The molecule has 0 saturated carbocycles. The maximum atomic E-state index is 13.3. The van der Waals surface area contributed by atoms with Gasteiger partial charge in [-0.05, 0) is 19.4 Å². The summed E-state index contributed by atoms with van der Waals surface area (Å²) in [7, 11) is 0. The molecule has 0 unspecified atom stereocenters. The van der Waals surface area contributed by atoms with Gasteiger partial charge < -0.3 is 19.1 Å². The summed E-state index contributed by atoms with van der Waals surface area (Å²) in [5.74, 6) is -0.930. The van der Waals surface area contributed by atoms with Crippen LogP contribution in [0.5, 0.6) is 5.75 Å². The van der Waals surface area contributed by atoms with Gasteiger partial charge in [0.15, 0.2) is 10.6 Å². The Morgan fingerprint density at radius 3 is 2.68 bits per heavy atom. The normalized spacial score (nSPS) is 11.4. The van der Waals surface area contributed by atoms with Gasteiger partial charge in [0, 0.05) is 18.5 Å². The van der Waals surface area contributed by atoms with E-state index in [9.17, 15) is 14.7 Å². The van der Waals surface area contributed by atoms with Crippen molar-refractivity contribution < 1.29 is 19.4 Å². The molecule has 1 N–H and O–H groups in total. The number of nitrogens with zero attached hydrogens (tertiary/aromatic N) is 1. The van der Waals surface area contributed by atoms with E-state index in [0.717, 1.165) is 41.5 Å². The summed E-state index contributed by atoms with van der Waals surface area (Å²) in [4.78, 5) is 25.2. The van der Waals surface area contributed by atoms with E-state index in [2.05, 4.69) is 6.92 Å². The van der Waals surface area contributed by atoms with Gasteiger partial charge in [0.1, 0.15) is 12.0 Å². The molecule has 6 nitrogen and oxygen atoms in total. The number of pyridine rings is 1. The van der Waals surface area contributed by atoms with Crippen LogP contribution in [0, 0.1) is 0 Å². The Balaban J connectivity index is 2.21. The first kappa shape index (κ1) is 20.4. The molecular formula is C21H25NO5S. The van der Waals surface area contributed by atoms with E-state index in [1.807, 2.05) is 31.2 Å². The Bertz CT molecular complexity index is 1040. The van der Waals surface area contributed by atoms with Crippen LogP contribution in [0.3, 0.4) is 0 Å². The summed E-state index contributed by atoms with van der Waals surface area (Å²) in [5.41, 5.74) is 0.634. The van der Waals surface area contributed by atoms with E-state index >= 15 is 0 Å². The Morgan fingerprint density at radius 2 is 1.96 bits per heavy atom. The third-order valence-corrected chi connectivity index (χ3v) is 5.81. The van der Waals surface area contributed by atoms with E-state index in [0.29, 0.717) is 29.8 Å². The molecule has 0 amide bonds. The Labute approximate surface area is 167 Å². The molecule has 0 radical (unpaired) electrons. The molecular weight excluding hydrogens is 378 g/mol. The number of hydrogen-bond acceptors (Lipinski definition) is 5. The van der Waals surface area contributed by atoms with E-state index in [1.165, 1.54) is 0 Å². The topological polar surface area (TPSA) is 77.8 Å². The van der Waals surface area contributed by atoms with Crippen LogP contribution < -0.4 is 10.3 Å². The quantitative estimate of drug-likeness (QED) is 0.504. The van der Waals surface area contributed by atoms with E-state index in [-0.39, 0.29) is 22.8 Å². The van der Waals surface area contributed by atoms with E-state index in [1.54, 1.807) is 4.57 Å². The fourth-order valence-electron chi connectivity index (χ4n) is 3.31. The summed E-state index contributed by atoms with van der Waals surface area (Å²) >= 11 is 1.10. The summed E-state index contributed by atoms with van der Waals surface area (Å²) in [6.07, 6.45) is 2.98. The molecule has 0 saturated heterocycles. The van der Waals surface area contributed by atoms with Crippen molar-refractivity contribution in [1.29, 1.82) is 0 Å². The zero-order valence-corrected chi connectivity index (χ0v) is 17.0. The minimum absolute atomic E-state index is 0.0556. The number of aromatic nitrogens is 1. The van der Waals surface area contributed by atoms with Crippen LogP contribution in [0.2, 0.25) is 0 Å². The number of unbranched alkanes of at least 4 members (excludes halogenated alkanes) is 2. The summed E-state index contributed by atoms with van der Waals surface area (Å²) in [5, 5.41) is 10.9. The van der Waals surface area contributed by atoms with Gasteiger partial charge in [-0.2, -0.15) is 0 Å². The average molecular weight is 404 g/mol. The van der Waals surface area contributed by atoms with Crippen molar-refractivity contribution >= 4 is 38.3 Å². The molecule has 0 aliphatic carbocycles. The van der Waals surface area contributed by atoms with Crippen molar-refractivity contribution in [3.05, 3.63) is 39.5 Å². The molecule has 3 rings (SSSR count). The number of carboxylic acid groups (broad SMARTS) is 1. The SMILES string of the molecule is CCCCCn1c(=O)c2c(OCCOCC)c(C(=O)O)sc2c2ccccc21. The highest BCUT2D eigenvalue weighted by Crippen LogP contribution is 2.39. The van der Waals surface area contributed by atoms with Gasteiger partial charge in [-0.3, -0.25) is 4.79 Å². The predicted molar refractivity (Wildman–Crippen MR) is 112 cm³/mol. The van der Waals surface area contributed by atoms with E-state index in [4.69, 9.17) is 9.47 Å². The monoisotopic (exact) mass is 403 g/mol. The highest BCUT2D eigenvalue weighted by molar-refractivity contribution is 7.22. The third-order valence-electron chi connectivity index (χ3n) is 4.62. The van der Waals surface area contributed by atoms with Crippen LogP contribution in [0.25, 0.3) is 21.0 Å². The van der Waals surface area contributed by atoms with Gasteiger partial charge in [0.25, 0.3) is 5.56 Å². The van der Waals surface area contributed by atoms with Crippen molar-refractivity contribution in [3.8, 4) is 5.75 Å². The molecule has 0 atom stereocenters. The van der Waals surface area contributed by atoms with Gasteiger partial charge >= 0.3 is 5.97 Å². The first-order chi connectivity index (χ1) is 13.6. The summed E-state index contributed by atoms with van der Waals surface area (Å²) in [6.45, 7) is 5.68. The number of rotatable bonds is 10. The van der Waals surface area contributed by atoms with Gasteiger partial charge in [0.2, 0.25) is 0 Å². The molecule has 0 fully saturated rings. The number of para-hydroxylation sites is 1. The number of thiophene rings is 1. The zero-order valence-electron chi connectivity index (χ0n) is 16.2. The van der Waals surface area contributed by atoms with Gasteiger partial charge in [-0.15, -0.1) is 11.3 Å². The number of aryl methyl sites for hydroxylation is 1. The van der Waals surface area contributed by atoms with Crippen LogP contribution in [0.1, 0.15) is 42.8 Å². The van der Waals surface area contributed by atoms with Crippen LogP contribution >= 0.6 is 11.3 Å². The Kier molecular flexibility index (Phi) is 6.70. The molecule has 0 aliphatic heterocycles. The highest BCUT2D eigenvalue weighted by Gasteiger charge is 2.25. The van der Waals surface area contributed by atoms with Crippen LogP contribution in [-0.4, -0.2) is 35.5 Å². The Morgan fingerprint density at radius 1 is 1.18 bits per heavy atom. The maximum absolute atomic E-state index is 13.3. The molecule has 3 aromatic rings. The van der Waals surface area contributed by atoms with Crippen molar-refractivity contribution in [2.75, 3.05) is 19.8 Å². The highest BCUT2D eigenvalue weighted by atomic mass is 32.1. The number of carboxylic acids is 1. The van der Waals surface area contributed by atoms with Crippen LogP contribution in [-0.2, 0) is 11.3 Å². The van der Waals surface area contributed by atoms with E-state index < -0.39 is 5.97 Å². The second kappa shape index (κ2) is 9.21. The van der Waals surface area contributed by atoms with Crippen molar-refractivity contribution in [1.82, 2.24) is 4.57 Å². The minimum atomic E-state index is -1.09. The van der Waals surface area contributed by atoms with Crippen LogP contribution in [0.4, 0.5) is 0 Å². The first-order valence-corrected chi connectivity index (χ1v) is 10.4. The zero-order chi connectivity index (χ0) is 20.1. The lowest BCUT2D eigenvalue weighted by atomic mass is 10.1. The number of benzene rings is 1. The van der Waals surface area contributed by atoms with Crippen LogP contribution in [0.15, 0.2) is 29.1 Å². The molecule has 0 bridgehead atoms. The molecule has 0 aliphatic rings. The lowest BCUT2D eigenvalue weighted by Gasteiger charge is -2.12. The number of aromatic carboxylic acids is 1. The molecule has 1 aromatic carbocycles. The largest absolute Gasteiger partial charge is 0.489 e. The van der Waals surface area contributed by atoms with Gasteiger partial charge in [-0.25, -0.2) is 4.79 Å². The summed E-state index contributed by atoms with van der Waals surface area (Å²) in [6, 6.07) is 7.64. The van der Waals surface area contributed by atoms with Gasteiger partial charge in [-0.1, -0.05) is 38.0 Å². The maximum Gasteiger partial charge on any atom is 0.349 e. The molecule has 0 spiro atoms. The Hall–Kier alpha value is -2.38. The molecule has 28 heavy (non-hydrogen) atoms. The second-order valence-corrected chi connectivity index (χ2v) is 7.52. The first-order valence-electron chi connectivity index (χ1n) is 9.62. The number of fused-ring (bicyclic) bond motifs is 3. The number of hydrogen-bond donors (Lipinski definition) is 1. The lowest BCUT2D eigenvalue weighted by Crippen LogP contribution is -2.21. The molecule has 2 heterocycles. The molecule has 2 aromatic heterocycles. The van der Waals surface area contributed by atoms with Gasteiger partial charge in [0.05, 0.1) is 16.8 Å². The number of ether oxygens (including phenoxy) is 2. The van der Waals surface area contributed by atoms with Crippen molar-refractivity contribution in [3.63, 3.8) is 0 Å². The molecule has 150 valence electrons. The fourth-order valence-corrected chi connectivity index (χ4v) is 4.42. The second-order valence-electron chi connectivity index (χ2n) is 6.50. The van der Waals surface area contributed by atoms with Crippen molar-refractivity contribution in [2.45, 2.75) is 39.7 Å². The fraction of sp³-hybridized carbons (Fsp3) is 0.429. The lowest BCUT2D eigenvalue weighted by molar-refractivity contribution is 0.0693. The minimum Gasteiger partial charge on any atom is -0.489 e.